The van der Waals surface area contributed by atoms with Crippen LogP contribution in [0.25, 0.3) is 0 Å². The molecule has 0 radical (unpaired) electrons. The van der Waals surface area contributed by atoms with Gasteiger partial charge in [0.2, 0.25) is 5.03 Å². The molecule has 0 aliphatic heterocycles. The second kappa shape index (κ2) is 4.98. The molecule has 1 heterocycles. The highest BCUT2D eigenvalue weighted by Gasteiger charge is 2.33. The van der Waals surface area contributed by atoms with Crippen molar-refractivity contribution in [2.24, 2.45) is 0 Å². The van der Waals surface area contributed by atoms with E-state index in [4.69, 9.17) is 10.7 Å². The van der Waals surface area contributed by atoms with Crippen molar-refractivity contribution in [3.8, 4) is 5.75 Å². The topological polar surface area (TPSA) is 99.4 Å². The van der Waals surface area contributed by atoms with E-state index in [1.807, 2.05) is 0 Å². The smallest absolute Gasteiger partial charge is 0.300 e. The number of nitro groups is 1. The molecule has 0 saturated heterocycles. The van der Waals surface area contributed by atoms with Crippen LogP contribution in [0.3, 0.4) is 0 Å². The third-order valence-electron chi connectivity index (χ3n) is 1.87. The Hall–Kier alpha value is -1.55. The first-order valence-corrected chi connectivity index (χ1v) is 6.45. The third kappa shape index (κ3) is 2.64. The fraction of sp³-hybridized carbons (Fsp3) is 0.286. The Balaban J connectivity index is 3.75. The first kappa shape index (κ1) is 14.5. The van der Waals surface area contributed by atoms with E-state index in [0.29, 0.717) is 6.20 Å². The molecule has 100 valence electrons. The van der Waals surface area contributed by atoms with Crippen molar-refractivity contribution in [2.75, 3.05) is 7.11 Å². The minimum absolute atomic E-state index is 0.388. The molecule has 0 aliphatic rings. The normalized spacial score (nSPS) is 11.6. The van der Waals surface area contributed by atoms with E-state index < -0.39 is 42.4 Å². The Morgan fingerprint density at radius 3 is 2.44 bits per heavy atom. The summed E-state index contributed by atoms with van der Waals surface area (Å²) in [6.07, 6.45) is -2.93. The molecule has 0 aromatic carbocycles. The van der Waals surface area contributed by atoms with Crippen molar-refractivity contribution >= 4 is 25.4 Å². The zero-order chi connectivity index (χ0) is 14.1. The summed E-state index contributed by atoms with van der Waals surface area (Å²) in [5, 5.41) is 9.56. The van der Waals surface area contributed by atoms with Crippen molar-refractivity contribution in [3.63, 3.8) is 0 Å². The van der Waals surface area contributed by atoms with Crippen LogP contribution in [0.5, 0.6) is 5.75 Å². The minimum Gasteiger partial charge on any atom is -0.493 e. The van der Waals surface area contributed by atoms with Gasteiger partial charge in [-0.1, -0.05) is 0 Å². The molecule has 0 saturated carbocycles. The maximum absolute atomic E-state index is 12.8. The van der Waals surface area contributed by atoms with Gasteiger partial charge in [0, 0.05) is 10.7 Å². The van der Waals surface area contributed by atoms with Gasteiger partial charge in [0.15, 0.2) is 5.75 Å². The van der Waals surface area contributed by atoms with Crippen molar-refractivity contribution in [2.45, 2.75) is 11.5 Å². The Morgan fingerprint density at radius 1 is 1.56 bits per heavy atom. The van der Waals surface area contributed by atoms with Crippen molar-refractivity contribution in [1.29, 1.82) is 0 Å². The largest absolute Gasteiger partial charge is 0.493 e. The standard InChI is InChI=1S/C7H5ClF2N2O5S/c1-17-5-4(6(9)10)3(12(13)14)2-11-7(5)18(8,15)16/h2,6H,1H3. The van der Waals surface area contributed by atoms with Gasteiger partial charge in [-0.25, -0.2) is 22.2 Å². The summed E-state index contributed by atoms with van der Waals surface area (Å²) >= 11 is 0. The Morgan fingerprint density at radius 2 is 2.11 bits per heavy atom. The molecular formula is C7H5ClF2N2O5S. The highest BCUT2D eigenvalue weighted by Crippen LogP contribution is 2.40. The fourth-order valence-corrected chi connectivity index (χ4v) is 2.13. The highest BCUT2D eigenvalue weighted by atomic mass is 35.7. The van der Waals surface area contributed by atoms with Gasteiger partial charge in [-0.15, -0.1) is 0 Å². The van der Waals surface area contributed by atoms with Crippen LogP contribution in [0.15, 0.2) is 11.2 Å². The summed E-state index contributed by atoms with van der Waals surface area (Å²) in [7, 11) is 1.38. The zero-order valence-corrected chi connectivity index (χ0v) is 10.2. The number of rotatable bonds is 4. The molecule has 11 heteroatoms. The van der Waals surface area contributed by atoms with Crippen LogP contribution in [0.4, 0.5) is 14.5 Å². The molecule has 0 atom stereocenters. The van der Waals surface area contributed by atoms with Crippen LogP contribution in [-0.2, 0) is 9.05 Å². The first-order valence-electron chi connectivity index (χ1n) is 4.14. The maximum Gasteiger partial charge on any atom is 0.300 e. The molecule has 0 unspecified atom stereocenters. The lowest BCUT2D eigenvalue weighted by Crippen LogP contribution is -2.07. The van der Waals surface area contributed by atoms with E-state index in [9.17, 15) is 27.3 Å². The van der Waals surface area contributed by atoms with Gasteiger partial charge in [0.1, 0.15) is 11.8 Å². The molecule has 7 nitrogen and oxygen atoms in total. The van der Waals surface area contributed by atoms with E-state index in [-0.39, 0.29) is 0 Å². The van der Waals surface area contributed by atoms with Gasteiger partial charge in [0.25, 0.3) is 21.2 Å². The summed E-state index contributed by atoms with van der Waals surface area (Å²) in [5.41, 5.74) is -2.23. The van der Waals surface area contributed by atoms with Crippen LogP contribution in [0, 0.1) is 10.1 Å². The van der Waals surface area contributed by atoms with Gasteiger partial charge in [-0.3, -0.25) is 10.1 Å². The summed E-state index contributed by atoms with van der Waals surface area (Å²) < 4.78 is 52.1. The van der Waals surface area contributed by atoms with E-state index >= 15 is 0 Å². The van der Waals surface area contributed by atoms with Crippen LogP contribution < -0.4 is 4.74 Å². The van der Waals surface area contributed by atoms with E-state index in [0.717, 1.165) is 7.11 Å². The van der Waals surface area contributed by atoms with E-state index in [2.05, 4.69) is 9.72 Å². The average Bonchev–Trinajstić information content (AvgIpc) is 2.25. The molecule has 0 amide bonds. The lowest BCUT2D eigenvalue weighted by Gasteiger charge is -2.10. The lowest BCUT2D eigenvalue weighted by molar-refractivity contribution is -0.386. The van der Waals surface area contributed by atoms with Gasteiger partial charge < -0.3 is 4.74 Å². The molecule has 18 heavy (non-hydrogen) atoms. The van der Waals surface area contributed by atoms with Crippen LogP contribution in [0.2, 0.25) is 0 Å². The van der Waals surface area contributed by atoms with E-state index in [1.165, 1.54) is 0 Å². The fourth-order valence-electron chi connectivity index (χ4n) is 1.21. The molecule has 0 aliphatic carbocycles. The number of hydrogen-bond donors (Lipinski definition) is 0. The molecule has 1 rings (SSSR count). The number of methoxy groups -OCH3 is 1. The number of halogens is 3. The Bertz CT molecular complexity index is 592. The van der Waals surface area contributed by atoms with Gasteiger partial charge >= 0.3 is 0 Å². The molecule has 1 aromatic heterocycles. The first-order chi connectivity index (χ1) is 8.20. The monoisotopic (exact) mass is 302 g/mol. The zero-order valence-electron chi connectivity index (χ0n) is 8.63. The Kier molecular flexibility index (Phi) is 4.02. The number of alkyl halides is 2. The maximum atomic E-state index is 12.8. The van der Waals surface area contributed by atoms with Crippen molar-refractivity contribution in [1.82, 2.24) is 4.98 Å². The average molecular weight is 303 g/mol. The number of aromatic nitrogens is 1. The van der Waals surface area contributed by atoms with Gasteiger partial charge in [-0.2, -0.15) is 0 Å². The predicted molar refractivity (Wildman–Crippen MR) is 55.4 cm³/mol. The van der Waals surface area contributed by atoms with E-state index in [1.54, 1.807) is 0 Å². The summed E-state index contributed by atoms with van der Waals surface area (Å²) in [6.45, 7) is 0. The van der Waals surface area contributed by atoms with Crippen molar-refractivity contribution < 1.29 is 26.9 Å². The third-order valence-corrected chi connectivity index (χ3v) is 3.06. The molecule has 0 spiro atoms. The van der Waals surface area contributed by atoms with Crippen LogP contribution in [0.1, 0.15) is 12.0 Å². The number of hydrogen-bond acceptors (Lipinski definition) is 6. The second-order valence-corrected chi connectivity index (χ2v) is 5.37. The highest BCUT2D eigenvalue weighted by molar-refractivity contribution is 8.13. The predicted octanol–water partition coefficient (Wildman–Crippen LogP) is 1.86. The van der Waals surface area contributed by atoms with Gasteiger partial charge in [-0.05, 0) is 0 Å². The molecule has 0 N–H and O–H groups in total. The van der Waals surface area contributed by atoms with Crippen molar-refractivity contribution in [3.05, 3.63) is 21.9 Å². The molecule has 1 aromatic rings. The number of nitrogens with zero attached hydrogens (tertiary/aromatic N) is 2. The molecule has 0 fully saturated rings. The summed E-state index contributed by atoms with van der Waals surface area (Å²) in [5.74, 6) is -0.936. The van der Waals surface area contributed by atoms with Crippen LogP contribution in [-0.4, -0.2) is 25.4 Å². The molecular weight excluding hydrogens is 298 g/mol. The quantitative estimate of drug-likeness (QED) is 0.478. The minimum atomic E-state index is -4.46. The van der Waals surface area contributed by atoms with Crippen LogP contribution >= 0.6 is 10.7 Å². The lowest BCUT2D eigenvalue weighted by atomic mass is 10.2. The molecule has 0 bridgehead atoms. The summed E-state index contributed by atoms with van der Waals surface area (Å²) in [4.78, 5) is 12.6. The Labute approximate surface area is 104 Å². The second-order valence-electron chi connectivity index (χ2n) is 2.89. The van der Waals surface area contributed by atoms with Gasteiger partial charge in [0.05, 0.1) is 12.0 Å². The number of pyridine rings is 1. The summed E-state index contributed by atoms with van der Waals surface area (Å²) in [6, 6.07) is 0. The SMILES string of the molecule is COc1c(S(=O)(=O)Cl)ncc([N+](=O)[O-])c1C(F)F. The number of ether oxygens (including phenoxy) is 1.